The van der Waals surface area contributed by atoms with Crippen LogP contribution in [-0.4, -0.2) is 42.7 Å². The van der Waals surface area contributed by atoms with Gasteiger partial charge in [0.2, 0.25) is 5.89 Å². The van der Waals surface area contributed by atoms with Gasteiger partial charge in [0.05, 0.1) is 17.7 Å². The number of aromatic nitrogens is 6. The van der Waals surface area contributed by atoms with E-state index >= 15 is 0 Å². The average molecular weight is 431 g/mol. The zero-order valence-electron chi connectivity index (χ0n) is 16.0. The van der Waals surface area contributed by atoms with Gasteiger partial charge in [-0.2, -0.15) is 5.10 Å². The Morgan fingerprint density at radius 2 is 2.10 bits per heavy atom. The predicted molar refractivity (Wildman–Crippen MR) is 99.6 cm³/mol. The number of alkyl halides is 3. The number of ether oxygens (including phenoxy) is 1. The number of nitrogens with one attached hydrogen (secondary N) is 1. The second-order valence-corrected chi connectivity index (χ2v) is 7.63. The highest BCUT2D eigenvalue weighted by molar-refractivity contribution is 5.61. The Morgan fingerprint density at radius 1 is 1.23 bits per heavy atom. The maximum atomic E-state index is 12.8. The van der Waals surface area contributed by atoms with Crippen molar-refractivity contribution in [3.05, 3.63) is 53.7 Å². The van der Waals surface area contributed by atoms with Crippen LogP contribution in [0.1, 0.15) is 47.8 Å². The zero-order valence-corrected chi connectivity index (χ0v) is 16.0. The number of imidazole rings is 1. The minimum absolute atomic E-state index is 0.196. The molecule has 1 N–H and O–H groups in total. The molecule has 0 saturated heterocycles. The summed E-state index contributed by atoms with van der Waals surface area (Å²) in [4.78, 5) is 9.47. The Bertz CT molecular complexity index is 1260. The van der Waals surface area contributed by atoms with E-state index in [0.717, 1.165) is 24.2 Å². The van der Waals surface area contributed by atoms with Gasteiger partial charge < -0.3 is 19.0 Å². The molecule has 4 aromatic rings. The first-order valence-electron chi connectivity index (χ1n) is 9.82. The summed E-state index contributed by atoms with van der Waals surface area (Å²) in [5, 5.41) is 12.9. The van der Waals surface area contributed by atoms with E-state index in [-0.39, 0.29) is 11.3 Å². The van der Waals surface area contributed by atoms with Crippen molar-refractivity contribution in [2.24, 2.45) is 0 Å². The highest BCUT2D eigenvalue weighted by Gasteiger charge is 2.38. The largest absolute Gasteiger partial charge is 0.573 e. The minimum Gasteiger partial charge on any atom is -0.408 e. The van der Waals surface area contributed by atoms with Crippen molar-refractivity contribution in [1.82, 2.24) is 29.8 Å². The lowest BCUT2D eigenvalue weighted by molar-refractivity contribution is -0.274. The molecule has 6 rings (SSSR count). The van der Waals surface area contributed by atoms with E-state index in [2.05, 4.69) is 30.0 Å². The van der Waals surface area contributed by atoms with E-state index in [1.165, 1.54) is 16.6 Å². The normalized spacial score (nSPS) is 19.1. The summed E-state index contributed by atoms with van der Waals surface area (Å²) < 4.78 is 50.0. The maximum Gasteiger partial charge on any atom is 0.573 e. The fraction of sp³-hybridized carbons (Fsp3) is 0.368. The third kappa shape index (κ3) is 3.18. The number of halogens is 3. The van der Waals surface area contributed by atoms with Crippen molar-refractivity contribution in [3.8, 4) is 5.75 Å². The quantitative estimate of drug-likeness (QED) is 0.529. The summed E-state index contributed by atoms with van der Waals surface area (Å²) in [6, 6.07) is 4.13. The van der Waals surface area contributed by atoms with Crippen LogP contribution >= 0.6 is 0 Å². The number of nitrogens with zero attached hydrogens (tertiary/aromatic N) is 6. The van der Waals surface area contributed by atoms with E-state index in [1.807, 2.05) is 4.90 Å². The standard InChI is InChI=1S/C19H16F3N7O2/c20-19(21,22)31-14-2-1-6-29-13(14)8-12(27-29)16-15-11(23-9-24-15)5-7-28(16)18-26-25-17(30-18)10-3-4-10/h1-2,6,8-10,16H,3-5,7H2,(H,23,24). The number of anilines is 1. The first-order chi connectivity index (χ1) is 15.0. The second kappa shape index (κ2) is 6.46. The van der Waals surface area contributed by atoms with Crippen LogP contribution in [0.5, 0.6) is 5.75 Å². The van der Waals surface area contributed by atoms with Crippen molar-refractivity contribution in [2.75, 3.05) is 11.4 Å². The maximum absolute atomic E-state index is 12.8. The second-order valence-electron chi connectivity index (χ2n) is 7.63. The molecule has 160 valence electrons. The number of pyridine rings is 1. The molecular formula is C19H16F3N7O2. The number of rotatable bonds is 4. The Hall–Kier alpha value is -3.57. The summed E-state index contributed by atoms with van der Waals surface area (Å²) in [7, 11) is 0. The molecule has 2 aliphatic rings. The van der Waals surface area contributed by atoms with E-state index in [0.29, 0.717) is 36.5 Å². The van der Waals surface area contributed by atoms with Crippen LogP contribution < -0.4 is 9.64 Å². The van der Waals surface area contributed by atoms with E-state index in [4.69, 9.17) is 4.42 Å². The number of H-pyrrole nitrogens is 1. The monoisotopic (exact) mass is 431 g/mol. The van der Waals surface area contributed by atoms with Gasteiger partial charge in [-0.05, 0) is 31.0 Å². The van der Waals surface area contributed by atoms with Gasteiger partial charge in [-0.15, -0.1) is 18.3 Å². The molecule has 9 nitrogen and oxygen atoms in total. The number of fused-ring (bicyclic) bond motifs is 2. The lowest BCUT2D eigenvalue weighted by Crippen LogP contribution is -2.36. The SMILES string of the molecule is FC(F)(F)Oc1cccn2nc(C3c4nc[nH]c4CCN3c3nnc(C4CC4)o3)cc12. The third-order valence-electron chi connectivity index (χ3n) is 5.52. The minimum atomic E-state index is -4.80. The predicted octanol–water partition coefficient (Wildman–Crippen LogP) is 3.37. The van der Waals surface area contributed by atoms with E-state index in [1.54, 1.807) is 18.6 Å². The van der Waals surface area contributed by atoms with Crippen molar-refractivity contribution in [2.45, 2.75) is 37.6 Å². The number of aromatic amines is 1. The molecule has 0 spiro atoms. The summed E-state index contributed by atoms with van der Waals surface area (Å²) in [6.45, 7) is 0.561. The van der Waals surface area contributed by atoms with Crippen LogP contribution in [0, 0.1) is 0 Å². The first-order valence-corrected chi connectivity index (χ1v) is 9.82. The molecule has 5 heterocycles. The lowest BCUT2D eigenvalue weighted by Gasteiger charge is -2.32. The highest BCUT2D eigenvalue weighted by Crippen LogP contribution is 2.42. The van der Waals surface area contributed by atoms with Crippen LogP contribution in [0.3, 0.4) is 0 Å². The lowest BCUT2D eigenvalue weighted by atomic mass is 10.0. The molecule has 1 unspecified atom stereocenters. The molecule has 31 heavy (non-hydrogen) atoms. The molecule has 4 aromatic heterocycles. The molecular weight excluding hydrogens is 415 g/mol. The Balaban J connectivity index is 1.45. The van der Waals surface area contributed by atoms with Crippen LogP contribution in [0.2, 0.25) is 0 Å². The zero-order chi connectivity index (χ0) is 21.2. The molecule has 0 amide bonds. The molecule has 0 radical (unpaired) electrons. The average Bonchev–Trinajstić information content (AvgIpc) is 3.14. The van der Waals surface area contributed by atoms with Gasteiger partial charge in [-0.1, -0.05) is 5.10 Å². The smallest absolute Gasteiger partial charge is 0.408 e. The van der Waals surface area contributed by atoms with Crippen molar-refractivity contribution < 1.29 is 22.3 Å². The summed E-state index contributed by atoms with van der Waals surface area (Å²) in [6.07, 6.45) is 1.10. The van der Waals surface area contributed by atoms with Gasteiger partial charge in [0.1, 0.15) is 11.6 Å². The van der Waals surface area contributed by atoms with Gasteiger partial charge >= 0.3 is 12.4 Å². The molecule has 1 atom stereocenters. The summed E-state index contributed by atoms with van der Waals surface area (Å²) >= 11 is 0. The van der Waals surface area contributed by atoms with Gasteiger partial charge in [-0.3, -0.25) is 0 Å². The number of hydrogen-bond acceptors (Lipinski definition) is 7. The molecule has 12 heteroatoms. The summed E-state index contributed by atoms with van der Waals surface area (Å²) in [5.41, 5.74) is 2.35. The van der Waals surface area contributed by atoms with Crippen molar-refractivity contribution in [1.29, 1.82) is 0 Å². The van der Waals surface area contributed by atoms with Crippen LogP contribution in [-0.2, 0) is 6.42 Å². The van der Waals surface area contributed by atoms with Gasteiger partial charge in [0.15, 0.2) is 5.75 Å². The fourth-order valence-corrected chi connectivity index (χ4v) is 3.97. The van der Waals surface area contributed by atoms with Crippen LogP contribution in [0.25, 0.3) is 5.52 Å². The Morgan fingerprint density at radius 3 is 2.90 bits per heavy atom. The first kappa shape index (κ1) is 18.2. The van der Waals surface area contributed by atoms with E-state index in [9.17, 15) is 13.2 Å². The third-order valence-corrected chi connectivity index (χ3v) is 5.52. The van der Waals surface area contributed by atoms with Crippen LogP contribution in [0.4, 0.5) is 19.2 Å². The molecule has 0 aromatic carbocycles. The number of hydrogen-bond donors (Lipinski definition) is 1. The summed E-state index contributed by atoms with van der Waals surface area (Å²) in [5.74, 6) is 0.590. The highest BCUT2D eigenvalue weighted by atomic mass is 19.4. The molecule has 1 aliphatic heterocycles. The van der Waals surface area contributed by atoms with Crippen molar-refractivity contribution >= 4 is 11.5 Å². The molecule has 0 bridgehead atoms. The van der Waals surface area contributed by atoms with Gasteiger partial charge in [0.25, 0.3) is 0 Å². The Kier molecular flexibility index (Phi) is 3.80. The molecule has 1 saturated carbocycles. The van der Waals surface area contributed by atoms with E-state index < -0.39 is 12.4 Å². The Labute approximate surface area is 172 Å². The molecule has 1 aliphatic carbocycles. The fourth-order valence-electron chi connectivity index (χ4n) is 3.97. The van der Waals surface area contributed by atoms with Crippen molar-refractivity contribution in [3.63, 3.8) is 0 Å². The van der Waals surface area contributed by atoms with Gasteiger partial charge in [0, 0.05) is 30.8 Å². The molecule has 1 fully saturated rings. The van der Waals surface area contributed by atoms with Gasteiger partial charge in [-0.25, -0.2) is 9.50 Å². The van der Waals surface area contributed by atoms with Crippen LogP contribution in [0.15, 0.2) is 35.1 Å². The topological polar surface area (TPSA) is 97.4 Å².